The van der Waals surface area contributed by atoms with E-state index in [1.165, 1.54) is 6.07 Å². The number of fused-ring (bicyclic) bond motifs is 3. The quantitative estimate of drug-likeness (QED) is 0.217. The van der Waals surface area contributed by atoms with Gasteiger partial charge in [-0.2, -0.15) is 5.26 Å². The summed E-state index contributed by atoms with van der Waals surface area (Å²) < 4.78 is 6.25. The molecule has 4 aliphatic heterocycles. The van der Waals surface area contributed by atoms with Crippen LogP contribution in [0.3, 0.4) is 0 Å². The number of aromatic nitrogens is 2. The summed E-state index contributed by atoms with van der Waals surface area (Å²) in [5.41, 5.74) is 8.26. The second-order valence-electron chi connectivity index (χ2n) is 19.1. The number of piperidine rings is 2. The van der Waals surface area contributed by atoms with Crippen LogP contribution in [0.25, 0.3) is 10.9 Å². The van der Waals surface area contributed by atoms with Crippen molar-refractivity contribution in [1.82, 2.24) is 25.1 Å². The number of anilines is 2. The molecule has 63 heavy (non-hydrogen) atoms. The molecule has 3 atom stereocenters. The molecule has 4 N–H and O–H groups in total. The molecule has 6 aliphatic rings. The Morgan fingerprint density at radius 3 is 2.25 bits per heavy atom. The average Bonchev–Trinajstić information content (AvgIpc) is 3.55. The predicted molar refractivity (Wildman–Crippen MR) is 233 cm³/mol. The highest BCUT2D eigenvalue weighted by molar-refractivity contribution is 6.23. The number of piperazine rings is 1. The van der Waals surface area contributed by atoms with E-state index in [0.29, 0.717) is 56.7 Å². The molecule has 326 valence electrons. The number of aromatic amines is 1. The predicted octanol–water partition coefficient (Wildman–Crippen LogP) is 3.69. The molecule has 2 aromatic heterocycles. The molecule has 2 aromatic carbocycles. The van der Waals surface area contributed by atoms with Crippen LogP contribution in [0, 0.1) is 39.9 Å². The fourth-order valence-corrected chi connectivity index (χ4v) is 11.2. The summed E-state index contributed by atoms with van der Waals surface area (Å²) in [6.07, 6.45) is 4.47. The fraction of sp³-hybridized carbons (Fsp3) is 0.447. The first kappa shape index (κ1) is 41.7. The Labute approximate surface area is 364 Å². The van der Waals surface area contributed by atoms with Gasteiger partial charge in [-0.3, -0.25) is 43.9 Å². The number of pyridine rings is 2. The second kappa shape index (κ2) is 15.6. The van der Waals surface area contributed by atoms with Crippen LogP contribution < -0.4 is 31.0 Å². The van der Waals surface area contributed by atoms with E-state index in [4.69, 9.17) is 10.5 Å². The van der Waals surface area contributed by atoms with Crippen molar-refractivity contribution < 1.29 is 28.7 Å². The first-order chi connectivity index (χ1) is 30.0. The zero-order chi connectivity index (χ0) is 44.5. The minimum atomic E-state index is -0.959. The molecule has 3 unspecified atom stereocenters. The zero-order valence-electron chi connectivity index (χ0n) is 35.8. The van der Waals surface area contributed by atoms with Gasteiger partial charge in [0.15, 0.2) is 5.43 Å². The summed E-state index contributed by atoms with van der Waals surface area (Å²) in [7, 11) is 0. The molecule has 5 amide bonds. The van der Waals surface area contributed by atoms with Gasteiger partial charge in [-0.15, -0.1) is 0 Å². The highest BCUT2D eigenvalue weighted by Gasteiger charge is 2.56. The molecule has 0 bridgehead atoms. The Balaban J connectivity index is 0.000000193. The van der Waals surface area contributed by atoms with Crippen LogP contribution in [0.4, 0.5) is 11.5 Å². The van der Waals surface area contributed by atoms with Gasteiger partial charge in [0.2, 0.25) is 17.7 Å². The Morgan fingerprint density at radius 2 is 1.62 bits per heavy atom. The van der Waals surface area contributed by atoms with Crippen LogP contribution >= 0.6 is 0 Å². The van der Waals surface area contributed by atoms with Crippen molar-refractivity contribution in [2.24, 2.45) is 34.3 Å². The van der Waals surface area contributed by atoms with E-state index in [9.17, 15) is 34.0 Å². The Bertz CT molecular complexity index is 2640. The smallest absolute Gasteiger partial charge is 0.262 e. The number of nitrogens with one attached hydrogen (secondary N) is 2. The largest absolute Gasteiger partial charge is 0.488 e. The lowest BCUT2D eigenvalue weighted by Gasteiger charge is -2.56. The van der Waals surface area contributed by atoms with E-state index in [1.54, 1.807) is 42.7 Å². The van der Waals surface area contributed by atoms with Crippen LogP contribution in [0.15, 0.2) is 65.7 Å². The maximum atomic E-state index is 13.2. The summed E-state index contributed by atoms with van der Waals surface area (Å²) in [4.78, 5) is 89.0. The van der Waals surface area contributed by atoms with Gasteiger partial charge in [0.1, 0.15) is 29.8 Å². The molecule has 4 aromatic rings. The maximum absolute atomic E-state index is 13.2. The van der Waals surface area contributed by atoms with Gasteiger partial charge >= 0.3 is 0 Å². The van der Waals surface area contributed by atoms with Gasteiger partial charge in [-0.25, -0.2) is 4.98 Å². The van der Waals surface area contributed by atoms with Gasteiger partial charge in [0, 0.05) is 87.2 Å². The summed E-state index contributed by atoms with van der Waals surface area (Å²) in [5, 5.41) is 11.9. The van der Waals surface area contributed by atoms with Gasteiger partial charge in [0.05, 0.1) is 33.2 Å². The van der Waals surface area contributed by atoms with Gasteiger partial charge < -0.3 is 25.3 Å². The van der Waals surface area contributed by atoms with Gasteiger partial charge in [0.25, 0.3) is 11.8 Å². The first-order valence-electron chi connectivity index (χ1n) is 21.6. The first-order valence-corrected chi connectivity index (χ1v) is 21.6. The monoisotopic (exact) mass is 853 g/mol. The van der Waals surface area contributed by atoms with Crippen molar-refractivity contribution in [3.8, 4) is 11.8 Å². The number of benzene rings is 2. The molecule has 16 heteroatoms. The number of H-pyrrole nitrogens is 1. The highest BCUT2D eigenvalue weighted by atomic mass is 16.5. The van der Waals surface area contributed by atoms with E-state index < -0.39 is 29.7 Å². The molecular weight excluding hydrogens is 803 g/mol. The molecule has 2 saturated carbocycles. The SMILES string of the molecule is CC1(C)CC(C)(C)C1Oc1ccc(C#N)c2[nH]ccc(=O)c12.NC(=O)c1ccc(N2CC3C(CN4CCN(c5ccc6c(c5)C(=O)N(C5CCC(=O)NC5=O)C6=O)CC4)C3C2)nc1. The number of hydrogen-bond acceptors (Lipinski definition) is 12. The van der Waals surface area contributed by atoms with Crippen LogP contribution in [0.2, 0.25) is 0 Å². The number of hydrogen-bond donors (Lipinski definition) is 3. The number of nitriles is 1. The van der Waals surface area contributed by atoms with Crippen molar-refractivity contribution in [1.29, 1.82) is 5.26 Å². The number of amides is 5. The van der Waals surface area contributed by atoms with Crippen molar-refractivity contribution in [2.45, 2.75) is 59.1 Å². The van der Waals surface area contributed by atoms with Gasteiger partial charge in [-0.05, 0) is 73.1 Å². The number of ether oxygens (including phenoxy) is 1. The summed E-state index contributed by atoms with van der Waals surface area (Å²) in [6, 6.07) is 15.0. The molecule has 0 spiro atoms. The second-order valence-corrected chi connectivity index (χ2v) is 19.1. The molecule has 3 saturated heterocycles. The van der Waals surface area contributed by atoms with Crippen LogP contribution in [0.5, 0.6) is 5.75 Å². The number of imide groups is 2. The number of carbonyl (C=O) groups is 5. The highest BCUT2D eigenvalue weighted by Crippen LogP contribution is 2.56. The summed E-state index contributed by atoms with van der Waals surface area (Å²) in [6.45, 7) is 15.2. The normalized spacial score (nSPS) is 24.8. The topological polar surface area (TPSA) is 215 Å². The number of primary amides is 1. The lowest BCUT2D eigenvalue weighted by Crippen LogP contribution is -2.58. The number of nitrogens with zero attached hydrogens (tertiary/aromatic N) is 6. The third-order valence-electron chi connectivity index (χ3n) is 13.9. The average molecular weight is 854 g/mol. The van der Waals surface area contributed by atoms with Gasteiger partial charge in [-0.1, -0.05) is 27.7 Å². The molecule has 16 nitrogen and oxygen atoms in total. The third kappa shape index (κ3) is 7.58. The molecule has 2 aliphatic carbocycles. The fourth-order valence-electron chi connectivity index (χ4n) is 11.2. The van der Waals surface area contributed by atoms with E-state index in [1.807, 2.05) is 12.1 Å². The standard InChI is InChI=1S/C29H31N7O5.C18H20N2O2/c30-26(38)16-1-5-24(31-12-16)35-14-21-20(22(21)15-35)13-33-7-9-34(10-8-33)17-2-3-18-19(11-17)29(41)36(28(18)40)23-4-6-25(37)32-27(23)39;1-17(2)10-18(3,4)16(17)22-13-6-5-11(9-19)15-14(13)12(21)7-8-20-15/h1-3,5,11-12,20-23H,4,6-10,13-15H2,(H2,30,38)(H,32,37,39);5-8,16H,10H2,1-4H3,(H,20,21). The van der Waals surface area contributed by atoms with E-state index in [-0.39, 0.29) is 41.1 Å². The minimum Gasteiger partial charge on any atom is -0.488 e. The van der Waals surface area contributed by atoms with Crippen molar-refractivity contribution in [3.05, 3.63) is 93.4 Å². The molecule has 6 heterocycles. The lowest BCUT2D eigenvalue weighted by atomic mass is 9.53. The van der Waals surface area contributed by atoms with Crippen LogP contribution in [0.1, 0.15) is 83.6 Å². The number of nitrogens with two attached hydrogens (primary N) is 1. The van der Waals surface area contributed by atoms with E-state index in [0.717, 1.165) is 68.6 Å². The maximum Gasteiger partial charge on any atom is 0.262 e. The van der Waals surface area contributed by atoms with E-state index >= 15 is 0 Å². The van der Waals surface area contributed by atoms with Crippen molar-refractivity contribution >= 4 is 51.9 Å². The summed E-state index contributed by atoms with van der Waals surface area (Å²) >= 11 is 0. The number of carbonyl (C=O) groups excluding carboxylic acids is 5. The minimum absolute atomic E-state index is 0.0377. The Hall–Kier alpha value is -6.60. The Kier molecular flexibility index (Phi) is 10.4. The van der Waals surface area contributed by atoms with E-state index in [2.05, 4.69) is 63.7 Å². The lowest BCUT2D eigenvalue weighted by molar-refractivity contribution is -0.136. The molecule has 0 radical (unpaired) electrons. The number of rotatable bonds is 8. The molecular formula is C47H51N9O7. The van der Waals surface area contributed by atoms with Crippen LogP contribution in [-0.4, -0.2) is 107 Å². The third-order valence-corrected chi connectivity index (χ3v) is 13.9. The van der Waals surface area contributed by atoms with Crippen LogP contribution in [-0.2, 0) is 9.59 Å². The molecule has 10 rings (SSSR count). The molecule has 5 fully saturated rings. The van der Waals surface area contributed by atoms with Crippen molar-refractivity contribution in [3.63, 3.8) is 0 Å². The zero-order valence-corrected chi connectivity index (χ0v) is 35.8. The van der Waals surface area contributed by atoms with Crippen molar-refractivity contribution in [2.75, 3.05) is 55.6 Å². The Morgan fingerprint density at radius 1 is 0.905 bits per heavy atom. The summed E-state index contributed by atoms with van der Waals surface area (Å²) in [5.74, 6) is 1.05.